The average Bonchev–Trinajstić information content (AvgIpc) is 2.92. The number of aromatic nitrogens is 3. The Balaban J connectivity index is 2.34. The fraction of sp³-hybridized carbons (Fsp3) is 0.667. The third kappa shape index (κ3) is 4.05. The lowest BCUT2D eigenvalue weighted by Crippen LogP contribution is -2.02. The van der Waals surface area contributed by atoms with Crippen LogP contribution < -0.4 is 0 Å². The summed E-state index contributed by atoms with van der Waals surface area (Å²) in [7, 11) is 0. The quantitative estimate of drug-likeness (QED) is 0.655. The van der Waals surface area contributed by atoms with Crippen molar-refractivity contribution < 1.29 is 0 Å². The van der Waals surface area contributed by atoms with Gasteiger partial charge in [0.25, 0.3) is 0 Å². The average molecular weight is 287 g/mol. The SMILES string of the molecule is CCCCc1ccc2nn(CCCC)nc2c1CCCC. The van der Waals surface area contributed by atoms with Crippen molar-refractivity contribution in [3.63, 3.8) is 0 Å². The van der Waals surface area contributed by atoms with Gasteiger partial charge in [-0.15, -0.1) is 0 Å². The van der Waals surface area contributed by atoms with Crippen LogP contribution in [-0.4, -0.2) is 15.0 Å². The number of nitrogens with zero attached hydrogens (tertiary/aromatic N) is 3. The third-order valence-electron chi connectivity index (χ3n) is 4.09. The molecular weight excluding hydrogens is 258 g/mol. The number of hydrogen-bond acceptors (Lipinski definition) is 2. The number of rotatable bonds is 9. The van der Waals surface area contributed by atoms with Crippen LogP contribution in [0.4, 0.5) is 0 Å². The van der Waals surface area contributed by atoms with Gasteiger partial charge in [-0.3, -0.25) is 0 Å². The fourth-order valence-corrected chi connectivity index (χ4v) is 2.75. The molecule has 0 saturated heterocycles. The highest BCUT2D eigenvalue weighted by Gasteiger charge is 2.12. The van der Waals surface area contributed by atoms with E-state index in [2.05, 4.69) is 38.0 Å². The normalized spacial score (nSPS) is 11.4. The molecular formula is C18H29N3. The van der Waals surface area contributed by atoms with Gasteiger partial charge in [-0.2, -0.15) is 15.0 Å². The van der Waals surface area contributed by atoms with Crippen molar-refractivity contribution in [1.29, 1.82) is 0 Å². The second-order valence-electron chi connectivity index (χ2n) is 5.93. The Bertz CT molecular complexity index is 557. The molecule has 2 rings (SSSR count). The van der Waals surface area contributed by atoms with E-state index in [1.54, 1.807) is 0 Å². The van der Waals surface area contributed by atoms with Gasteiger partial charge in [0.05, 0.1) is 6.54 Å². The lowest BCUT2D eigenvalue weighted by Gasteiger charge is -2.09. The van der Waals surface area contributed by atoms with E-state index in [-0.39, 0.29) is 0 Å². The zero-order chi connectivity index (χ0) is 15.1. The smallest absolute Gasteiger partial charge is 0.116 e. The largest absolute Gasteiger partial charge is 0.184 e. The maximum absolute atomic E-state index is 4.78. The van der Waals surface area contributed by atoms with E-state index < -0.39 is 0 Å². The lowest BCUT2D eigenvalue weighted by molar-refractivity contribution is 0.514. The van der Waals surface area contributed by atoms with Crippen LogP contribution in [0.15, 0.2) is 12.1 Å². The van der Waals surface area contributed by atoms with E-state index in [0.29, 0.717) is 0 Å². The molecule has 3 nitrogen and oxygen atoms in total. The molecule has 0 N–H and O–H groups in total. The minimum Gasteiger partial charge on any atom is -0.184 e. The molecule has 116 valence electrons. The molecule has 0 amide bonds. The van der Waals surface area contributed by atoms with Crippen LogP contribution in [0, 0.1) is 0 Å². The predicted molar refractivity (Wildman–Crippen MR) is 89.7 cm³/mol. The van der Waals surface area contributed by atoms with E-state index in [9.17, 15) is 0 Å². The number of benzene rings is 1. The van der Waals surface area contributed by atoms with E-state index in [1.807, 2.05) is 4.80 Å². The highest BCUT2D eigenvalue weighted by Crippen LogP contribution is 2.23. The molecule has 0 unspecified atom stereocenters. The van der Waals surface area contributed by atoms with Crippen molar-refractivity contribution in [3.05, 3.63) is 23.3 Å². The summed E-state index contributed by atoms with van der Waals surface area (Å²) in [5.74, 6) is 0. The zero-order valence-corrected chi connectivity index (χ0v) is 13.9. The molecule has 2 aromatic rings. The Hall–Kier alpha value is -1.38. The number of hydrogen-bond donors (Lipinski definition) is 0. The van der Waals surface area contributed by atoms with Crippen LogP contribution in [0.3, 0.4) is 0 Å². The molecule has 3 heteroatoms. The van der Waals surface area contributed by atoms with Crippen LogP contribution in [-0.2, 0) is 19.4 Å². The first-order valence-corrected chi connectivity index (χ1v) is 8.65. The van der Waals surface area contributed by atoms with Crippen molar-refractivity contribution in [3.8, 4) is 0 Å². The van der Waals surface area contributed by atoms with Crippen LogP contribution in [0.2, 0.25) is 0 Å². The van der Waals surface area contributed by atoms with Gasteiger partial charge in [-0.1, -0.05) is 46.1 Å². The van der Waals surface area contributed by atoms with E-state index in [0.717, 1.165) is 30.4 Å². The van der Waals surface area contributed by atoms with Gasteiger partial charge >= 0.3 is 0 Å². The summed E-state index contributed by atoms with van der Waals surface area (Å²) in [6.07, 6.45) is 9.61. The maximum Gasteiger partial charge on any atom is 0.116 e. The summed E-state index contributed by atoms with van der Waals surface area (Å²) in [6, 6.07) is 4.44. The minimum atomic E-state index is 0.933. The number of unbranched alkanes of at least 4 members (excludes halogenated alkanes) is 3. The second-order valence-corrected chi connectivity index (χ2v) is 5.93. The topological polar surface area (TPSA) is 30.7 Å². The monoisotopic (exact) mass is 287 g/mol. The second kappa shape index (κ2) is 8.16. The molecule has 0 fully saturated rings. The van der Waals surface area contributed by atoms with Gasteiger partial charge in [0, 0.05) is 0 Å². The number of aryl methyl sites for hydroxylation is 3. The summed E-state index contributed by atoms with van der Waals surface area (Å²) < 4.78 is 0. The van der Waals surface area contributed by atoms with E-state index in [1.165, 1.54) is 49.7 Å². The first kappa shape index (κ1) is 16.0. The van der Waals surface area contributed by atoms with Crippen LogP contribution in [0.25, 0.3) is 11.0 Å². The van der Waals surface area contributed by atoms with Crippen molar-refractivity contribution >= 4 is 11.0 Å². The molecule has 0 spiro atoms. The molecule has 0 bridgehead atoms. The van der Waals surface area contributed by atoms with E-state index in [4.69, 9.17) is 5.10 Å². The van der Waals surface area contributed by atoms with Crippen molar-refractivity contribution in [2.24, 2.45) is 0 Å². The lowest BCUT2D eigenvalue weighted by atomic mass is 9.96. The summed E-state index contributed by atoms with van der Waals surface area (Å²) in [4.78, 5) is 1.90. The van der Waals surface area contributed by atoms with Crippen molar-refractivity contribution in [2.45, 2.75) is 78.7 Å². The molecule has 0 saturated carbocycles. The highest BCUT2D eigenvalue weighted by atomic mass is 15.5. The molecule has 1 heterocycles. The molecule has 1 aromatic carbocycles. The van der Waals surface area contributed by atoms with Gasteiger partial charge in [0.1, 0.15) is 11.0 Å². The van der Waals surface area contributed by atoms with Gasteiger partial charge in [-0.25, -0.2) is 0 Å². The Labute approximate surface area is 128 Å². The Morgan fingerprint density at radius 3 is 2.29 bits per heavy atom. The maximum atomic E-state index is 4.78. The summed E-state index contributed by atoms with van der Waals surface area (Å²) in [5.41, 5.74) is 5.15. The van der Waals surface area contributed by atoms with Crippen molar-refractivity contribution in [2.75, 3.05) is 0 Å². The summed E-state index contributed by atoms with van der Waals surface area (Å²) in [6.45, 7) is 7.65. The first-order valence-electron chi connectivity index (χ1n) is 8.65. The Morgan fingerprint density at radius 1 is 0.857 bits per heavy atom. The van der Waals surface area contributed by atoms with Gasteiger partial charge in [0.2, 0.25) is 0 Å². The molecule has 0 aliphatic carbocycles. The molecule has 21 heavy (non-hydrogen) atoms. The van der Waals surface area contributed by atoms with Gasteiger partial charge < -0.3 is 0 Å². The van der Waals surface area contributed by atoms with Gasteiger partial charge in [-0.05, 0) is 49.3 Å². The fourth-order valence-electron chi connectivity index (χ4n) is 2.75. The molecule has 0 aliphatic heterocycles. The summed E-state index contributed by atoms with van der Waals surface area (Å²) in [5, 5.41) is 9.42. The number of fused-ring (bicyclic) bond motifs is 1. The standard InChI is InChI=1S/C18H29N3/c1-4-7-10-15-12-13-17-18(16(15)11-8-5-2)20-21(19-17)14-9-6-3/h12-13H,4-11,14H2,1-3H3. The predicted octanol–water partition coefficient (Wildman–Crippen LogP) is 4.92. The Kier molecular flexibility index (Phi) is 6.21. The first-order chi connectivity index (χ1) is 10.3. The minimum absolute atomic E-state index is 0.933. The molecule has 0 atom stereocenters. The van der Waals surface area contributed by atoms with E-state index >= 15 is 0 Å². The molecule has 0 radical (unpaired) electrons. The highest BCUT2D eigenvalue weighted by molar-refractivity contribution is 5.79. The van der Waals surface area contributed by atoms with Crippen molar-refractivity contribution in [1.82, 2.24) is 15.0 Å². The third-order valence-corrected chi connectivity index (χ3v) is 4.09. The van der Waals surface area contributed by atoms with Crippen LogP contribution in [0.5, 0.6) is 0 Å². The van der Waals surface area contributed by atoms with Gasteiger partial charge in [0.15, 0.2) is 0 Å². The zero-order valence-electron chi connectivity index (χ0n) is 13.9. The molecule has 1 aromatic heterocycles. The molecule has 0 aliphatic rings. The Morgan fingerprint density at radius 2 is 1.57 bits per heavy atom. The summed E-state index contributed by atoms with van der Waals surface area (Å²) >= 11 is 0. The van der Waals surface area contributed by atoms with Crippen LogP contribution in [0.1, 0.15) is 70.4 Å². The van der Waals surface area contributed by atoms with Crippen LogP contribution >= 0.6 is 0 Å².